The SMILES string of the molecule is CCCNC(C1=CCCCCCC1)C1C(C)(C)C1(C)C. The number of allylic oxidation sites excluding steroid dienone is 1. The molecule has 0 heterocycles. The Hall–Kier alpha value is -0.300. The maximum Gasteiger partial charge on any atom is 0.0318 e. The Labute approximate surface area is 126 Å². The van der Waals surface area contributed by atoms with E-state index in [1.54, 1.807) is 5.57 Å². The van der Waals surface area contributed by atoms with Crippen molar-refractivity contribution in [2.45, 2.75) is 85.6 Å². The average Bonchev–Trinajstić information content (AvgIpc) is 2.73. The van der Waals surface area contributed by atoms with Crippen LogP contribution in [0.25, 0.3) is 0 Å². The summed E-state index contributed by atoms with van der Waals surface area (Å²) in [4.78, 5) is 0. The van der Waals surface area contributed by atoms with Crippen LogP contribution in [0, 0.1) is 16.7 Å². The summed E-state index contributed by atoms with van der Waals surface area (Å²) in [6.45, 7) is 13.3. The van der Waals surface area contributed by atoms with Gasteiger partial charge in [0.25, 0.3) is 0 Å². The van der Waals surface area contributed by atoms with Gasteiger partial charge in [0.15, 0.2) is 0 Å². The fourth-order valence-corrected chi connectivity index (χ4v) is 4.34. The minimum atomic E-state index is 0.474. The van der Waals surface area contributed by atoms with Gasteiger partial charge in [-0.15, -0.1) is 0 Å². The Bertz CT molecular complexity index is 337. The highest BCUT2D eigenvalue weighted by molar-refractivity contribution is 5.26. The molecule has 2 aliphatic carbocycles. The molecule has 1 nitrogen and oxygen atoms in total. The predicted octanol–water partition coefficient (Wildman–Crippen LogP) is 5.32. The van der Waals surface area contributed by atoms with Crippen LogP contribution in [-0.2, 0) is 0 Å². The molecule has 0 bridgehead atoms. The summed E-state index contributed by atoms with van der Waals surface area (Å²) in [5, 5.41) is 3.89. The first-order valence-corrected chi connectivity index (χ1v) is 8.85. The first kappa shape index (κ1) is 16.1. The molecule has 116 valence electrons. The third kappa shape index (κ3) is 2.98. The van der Waals surface area contributed by atoms with Crippen LogP contribution in [0.4, 0.5) is 0 Å². The summed E-state index contributed by atoms with van der Waals surface area (Å²) in [7, 11) is 0. The molecule has 0 radical (unpaired) electrons. The topological polar surface area (TPSA) is 12.0 Å². The Morgan fingerprint density at radius 2 is 1.75 bits per heavy atom. The molecule has 0 aromatic carbocycles. The van der Waals surface area contributed by atoms with E-state index in [9.17, 15) is 0 Å². The van der Waals surface area contributed by atoms with Crippen LogP contribution in [0.5, 0.6) is 0 Å². The van der Waals surface area contributed by atoms with Gasteiger partial charge >= 0.3 is 0 Å². The molecule has 20 heavy (non-hydrogen) atoms. The average molecular weight is 277 g/mol. The van der Waals surface area contributed by atoms with Crippen LogP contribution >= 0.6 is 0 Å². The molecule has 2 aliphatic rings. The lowest BCUT2D eigenvalue weighted by molar-refractivity contribution is 0.424. The van der Waals surface area contributed by atoms with Crippen molar-refractivity contribution in [3.63, 3.8) is 0 Å². The highest BCUT2D eigenvalue weighted by atomic mass is 15.0. The lowest BCUT2D eigenvalue weighted by atomic mass is 9.89. The lowest BCUT2D eigenvalue weighted by Gasteiger charge is -2.26. The fourth-order valence-electron chi connectivity index (χ4n) is 4.34. The molecule has 0 aromatic heterocycles. The third-order valence-electron chi connectivity index (χ3n) is 6.31. The smallest absolute Gasteiger partial charge is 0.0318 e. The standard InChI is InChI=1S/C19H35N/c1-6-14-20-16(17-18(2,3)19(17,4)5)15-12-10-8-7-9-11-13-15/h12,16-17,20H,6-11,13-14H2,1-5H3. The van der Waals surface area contributed by atoms with Crippen molar-refractivity contribution < 1.29 is 0 Å². The first-order chi connectivity index (χ1) is 9.43. The van der Waals surface area contributed by atoms with Gasteiger partial charge in [-0.3, -0.25) is 0 Å². The van der Waals surface area contributed by atoms with Crippen LogP contribution in [0.15, 0.2) is 11.6 Å². The molecule has 0 saturated heterocycles. The van der Waals surface area contributed by atoms with Crippen molar-refractivity contribution in [1.82, 2.24) is 5.32 Å². The second kappa shape index (κ2) is 6.22. The second-order valence-electron chi connectivity index (χ2n) is 8.08. The molecular formula is C19H35N. The van der Waals surface area contributed by atoms with E-state index >= 15 is 0 Å². The molecule has 1 atom stereocenters. The Morgan fingerprint density at radius 3 is 2.35 bits per heavy atom. The monoisotopic (exact) mass is 277 g/mol. The summed E-state index contributed by atoms with van der Waals surface area (Å²) < 4.78 is 0. The van der Waals surface area contributed by atoms with Gasteiger partial charge in [0.2, 0.25) is 0 Å². The molecule has 1 heteroatoms. The normalized spacial score (nSPS) is 27.4. The number of hydrogen-bond donors (Lipinski definition) is 1. The molecule has 2 rings (SSSR count). The first-order valence-electron chi connectivity index (χ1n) is 8.85. The van der Waals surface area contributed by atoms with Gasteiger partial charge in [-0.1, -0.05) is 59.1 Å². The molecule has 1 fully saturated rings. The van der Waals surface area contributed by atoms with E-state index in [2.05, 4.69) is 46.0 Å². The van der Waals surface area contributed by atoms with Crippen molar-refractivity contribution in [2.75, 3.05) is 6.54 Å². The van der Waals surface area contributed by atoms with Crippen molar-refractivity contribution in [2.24, 2.45) is 16.7 Å². The zero-order chi connectivity index (χ0) is 14.8. The Balaban J connectivity index is 2.15. The van der Waals surface area contributed by atoms with Gasteiger partial charge in [-0.25, -0.2) is 0 Å². The summed E-state index contributed by atoms with van der Waals surface area (Å²) in [6.07, 6.45) is 12.1. The second-order valence-corrected chi connectivity index (χ2v) is 8.08. The van der Waals surface area contributed by atoms with Crippen LogP contribution in [-0.4, -0.2) is 12.6 Å². The van der Waals surface area contributed by atoms with E-state index in [0.717, 1.165) is 12.5 Å². The quantitative estimate of drug-likeness (QED) is 0.671. The third-order valence-corrected chi connectivity index (χ3v) is 6.31. The van der Waals surface area contributed by atoms with Gasteiger partial charge < -0.3 is 5.32 Å². The van der Waals surface area contributed by atoms with Gasteiger partial charge in [-0.2, -0.15) is 0 Å². The van der Waals surface area contributed by atoms with Crippen molar-refractivity contribution >= 4 is 0 Å². The predicted molar refractivity (Wildman–Crippen MR) is 88.9 cm³/mol. The number of rotatable bonds is 5. The van der Waals surface area contributed by atoms with Crippen LogP contribution in [0.3, 0.4) is 0 Å². The Morgan fingerprint density at radius 1 is 1.10 bits per heavy atom. The maximum absolute atomic E-state index is 3.89. The lowest BCUT2D eigenvalue weighted by Crippen LogP contribution is -2.36. The van der Waals surface area contributed by atoms with E-state index in [4.69, 9.17) is 0 Å². The highest BCUT2D eigenvalue weighted by Crippen LogP contribution is 2.70. The molecule has 0 aromatic rings. The van der Waals surface area contributed by atoms with E-state index in [1.807, 2.05) is 0 Å². The van der Waals surface area contributed by atoms with Crippen molar-refractivity contribution in [3.8, 4) is 0 Å². The molecule has 1 saturated carbocycles. The van der Waals surface area contributed by atoms with Gasteiger partial charge in [0.05, 0.1) is 0 Å². The van der Waals surface area contributed by atoms with Gasteiger partial charge in [0.1, 0.15) is 0 Å². The summed E-state index contributed by atoms with van der Waals surface area (Å²) in [6, 6.07) is 0.623. The molecule has 0 aliphatic heterocycles. The zero-order valence-electron chi connectivity index (χ0n) is 14.4. The summed E-state index contributed by atoms with van der Waals surface area (Å²) >= 11 is 0. The fraction of sp³-hybridized carbons (Fsp3) is 0.895. The minimum absolute atomic E-state index is 0.474. The zero-order valence-corrected chi connectivity index (χ0v) is 14.4. The van der Waals surface area contributed by atoms with Gasteiger partial charge in [0, 0.05) is 6.04 Å². The van der Waals surface area contributed by atoms with Crippen LogP contribution in [0.2, 0.25) is 0 Å². The largest absolute Gasteiger partial charge is 0.310 e. The summed E-state index contributed by atoms with van der Waals surface area (Å²) in [5.41, 5.74) is 2.67. The highest BCUT2D eigenvalue weighted by Gasteiger charge is 2.67. The summed E-state index contributed by atoms with van der Waals surface area (Å²) in [5.74, 6) is 0.798. The minimum Gasteiger partial charge on any atom is -0.310 e. The molecule has 1 N–H and O–H groups in total. The molecule has 0 amide bonds. The Kier molecular flexibility index (Phi) is 5.00. The van der Waals surface area contributed by atoms with Crippen molar-refractivity contribution in [3.05, 3.63) is 11.6 Å². The van der Waals surface area contributed by atoms with E-state index in [-0.39, 0.29) is 0 Å². The van der Waals surface area contributed by atoms with Gasteiger partial charge in [-0.05, 0) is 55.4 Å². The number of hydrogen-bond acceptors (Lipinski definition) is 1. The van der Waals surface area contributed by atoms with Crippen LogP contribution in [0.1, 0.15) is 79.6 Å². The van der Waals surface area contributed by atoms with Crippen LogP contribution < -0.4 is 5.32 Å². The molecular weight excluding hydrogens is 242 g/mol. The van der Waals surface area contributed by atoms with E-state index in [0.29, 0.717) is 16.9 Å². The molecule has 0 spiro atoms. The van der Waals surface area contributed by atoms with E-state index in [1.165, 1.54) is 44.9 Å². The maximum atomic E-state index is 3.89. The van der Waals surface area contributed by atoms with Crippen molar-refractivity contribution in [1.29, 1.82) is 0 Å². The molecule has 1 unspecified atom stereocenters. The van der Waals surface area contributed by atoms with E-state index < -0.39 is 0 Å². The number of nitrogens with one attached hydrogen (secondary N) is 1.